The molecule has 8 heteroatoms. The quantitative estimate of drug-likeness (QED) is 0.886. The molecule has 0 saturated carbocycles. The first kappa shape index (κ1) is 18.0. The van der Waals surface area contributed by atoms with Crippen LogP contribution in [0, 0.1) is 13.8 Å². The number of rotatable bonds is 4. The van der Waals surface area contributed by atoms with Gasteiger partial charge in [-0.3, -0.25) is 4.79 Å². The minimum atomic E-state index is -3.38. The molecule has 6 nitrogen and oxygen atoms in total. The van der Waals surface area contributed by atoms with Gasteiger partial charge in [0.1, 0.15) is 6.04 Å². The second kappa shape index (κ2) is 6.86. The number of nitrogens with one attached hydrogen (secondary N) is 1. The molecule has 0 bridgehead atoms. The number of carbonyl (C=O) groups is 1. The lowest BCUT2D eigenvalue weighted by Crippen LogP contribution is -2.42. The summed E-state index contributed by atoms with van der Waals surface area (Å²) in [6.45, 7) is 4.50. The van der Waals surface area contributed by atoms with Gasteiger partial charge in [0.15, 0.2) is 5.13 Å². The van der Waals surface area contributed by atoms with E-state index in [1.807, 2.05) is 24.4 Å². The number of thiazole rings is 1. The Labute approximate surface area is 151 Å². The maximum atomic E-state index is 12.5. The van der Waals surface area contributed by atoms with E-state index in [0.717, 1.165) is 17.5 Å². The fourth-order valence-electron chi connectivity index (χ4n) is 2.95. The van der Waals surface area contributed by atoms with Crippen LogP contribution in [-0.4, -0.2) is 42.5 Å². The third-order valence-electron chi connectivity index (χ3n) is 4.47. The molecule has 0 spiro atoms. The molecule has 1 fully saturated rings. The van der Waals surface area contributed by atoms with E-state index in [0.29, 0.717) is 24.5 Å². The van der Waals surface area contributed by atoms with Crippen LogP contribution in [0.25, 0.3) is 11.3 Å². The molecule has 1 N–H and O–H groups in total. The maximum absolute atomic E-state index is 12.5. The van der Waals surface area contributed by atoms with Crippen LogP contribution in [0.3, 0.4) is 0 Å². The van der Waals surface area contributed by atoms with E-state index in [1.165, 1.54) is 26.8 Å². The van der Waals surface area contributed by atoms with E-state index >= 15 is 0 Å². The van der Waals surface area contributed by atoms with E-state index in [9.17, 15) is 13.2 Å². The fourth-order valence-corrected chi connectivity index (χ4v) is 4.80. The molecule has 1 amide bonds. The topological polar surface area (TPSA) is 79.4 Å². The Morgan fingerprint density at radius 2 is 2.08 bits per heavy atom. The molecule has 3 rings (SSSR count). The SMILES string of the molecule is Cc1ccc(-c2csc(NC(=O)[C@H]3CCCN3S(C)(=O)=O)n2)cc1C. The van der Waals surface area contributed by atoms with Crippen LogP contribution in [0.1, 0.15) is 24.0 Å². The molecule has 1 aromatic heterocycles. The smallest absolute Gasteiger partial charge is 0.244 e. The Balaban J connectivity index is 1.75. The van der Waals surface area contributed by atoms with E-state index in [2.05, 4.69) is 23.3 Å². The number of carbonyl (C=O) groups excluding carboxylic acids is 1. The van der Waals surface area contributed by atoms with Gasteiger partial charge in [-0.15, -0.1) is 11.3 Å². The van der Waals surface area contributed by atoms with Crippen LogP contribution < -0.4 is 5.32 Å². The lowest BCUT2D eigenvalue weighted by molar-refractivity contribution is -0.119. The summed E-state index contributed by atoms with van der Waals surface area (Å²) in [6.07, 6.45) is 2.37. The summed E-state index contributed by atoms with van der Waals surface area (Å²) in [5.41, 5.74) is 4.20. The number of aromatic nitrogens is 1. The first-order chi connectivity index (χ1) is 11.8. The molecule has 2 aromatic rings. The highest BCUT2D eigenvalue weighted by atomic mass is 32.2. The van der Waals surface area contributed by atoms with Gasteiger partial charge in [0.05, 0.1) is 11.9 Å². The molecule has 2 heterocycles. The highest BCUT2D eigenvalue weighted by Crippen LogP contribution is 2.28. The molecule has 25 heavy (non-hydrogen) atoms. The van der Waals surface area contributed by atoms with Gasteiger partial charge in [0.2, 0.25) is 15.9 Å². The minimum absolute atomic E-state index is 0.316. The van der Waals surface area contributed by atoms with Crippen molar-refractivity contribution in [1.29, 1.82) is 0 Å². The largest absolute Gasteiger partial charge is 0.301 e. The average molecular weight is 380 g/mol. The van der Waals surface area contributed by atoms with Crippen LogP contribution in [0.2, 0.25) is 0 Å². The van der Waals surface area contributed by atoms with Crippen molar-refractivity contribution < 1.29 is 13.2 Å². The first-order valence-corrected chi connectivity index (χ1v) is 10.8. The predicted octanol–water partition coefficient (Wildman–Crippen LogP) is 2.79. The third-order valence-corrected chi connectivity index (χ3v) is 6.52. The normalized spacial score (nSPS) is 18.4. The number of anilines is 1. The van der Waals surface area contributed by atoms with Crippen molar-refractivity contribution in [3.63, 3.8) is 0 Å². The summed E-state index contributed by atoms with van der Waals surface area (Å²) < 4.78 is 24.8. The number of benzene rings is 1. The molecule has 1 saturated heterocycles. The van der Waals surface area contributed by atoms with Gasteiger partial charge in [-0.1, -0.05) is 12.1 Å². The Kier molecular flexibility index (Phi) is 4.95. The van der Waals surface area contributed by atoms with Gasteiger partial charge >= 0.3 is 0 Å². The summed E-state index contributed by atoms with van der Waals surface area (Å²) in [7, 11) is -3.38. The van der Waals surface area contributed by atoms with Crippen LogP contribution >= 0.6 is 11.3 Å². The van der Waals surface area contributed by atoms with Crippen LogP contribution in [0.15, 0.2) is 23.6 Å². The second-order valence-electron chi connectivity index (χ2n) is 6.36. The number of aryl methyl sites for hydroxylation is 2. The molecule has 134 valence electrons. The van der Waals surface area contributed by atoms with Crippen molar-refractivity contribution >= 4 is 32.4 Å². The van der Waals surface area contributed by atoms with Crippen LogP contribution in [0.4, 0.5) is 5.13 Å². The highest BCUT2D eigenvalue weighted by Gasteiger charge is 2.36. The molecular weight excluding hydrogens is 358 g/mol. The van der Waals surface area contributed by atoms with Gasteiger partial charge in [-0.25, -0.2) is 13.4 Å². The molecule has 0 aliphatic carbocycles. The van der Waals surface area contributed by atoms with Gasteiger partial charge in [-0.05, 0) is 43.9 Å². The van der Waals surface area contributed by atoms with Crippen molar-refractivity contribution in [2.24, 2.45) is 0 Å². The zero-order chi connectivity index (χ0) is 18.2. The van der Waals surface area contributed by atoms with Crippen LogP contribution in [-0.2, 0) is 14.8 Å². The van der Waals surface area contributed by atoms with Crippen molar-refractivity contribution in [2.45, 2.75) is 32.7 Å². The molecular formula is C17H21N3O3S2. The minimum Gasteiger partial charge on any atom is -0.301 e. The number of hydrogen-bond acceptors (Lipinski definition) is 5. The standard InChI is InChI=1S/C17H21N3O3S2/c1-11-6-7-13(9-12(11)2)14-10-24-17(18-14)19-16(21)15-5-4-8-20(15)25(3,22)23/h6-7,9-10,15H,4-5,8H2,1-3H3,(H,18,19,21)/t15-/m1/s1. The summed E-state index contributed by atoms with van der Waals surface area (Å²) in [5.74, 6) is -0.316. The predicted molar refractivity (Wildman–Crippen MR) is 100 cm³/mol. The van der Waals surface area contributed by atoms with E-state index < -0.39 is 16.1 Å². The highest BCUT2D eigenvalue weighted by molar-refractivity contribution is 7.88. The van der Waals surface area contributed by atoms with Crippen molar-refractivity contribution in [3.05, 3.63) is 34.7 Å². The van der Waals surface area contributed by atoms with E-state index in [1.54, 1.807) is 0 Å². The zero-order valence-electron chi connectivity index (χ0n) is 14.4. The number of nitrogens with zero attached hydrogens (tertiary/aromatic N) is 2. The summed E-state index contributed by atoms with van der Waals surface area (Å²) in [6, 6.07) is 5.47. The van der Waals surface area contributed by atoms with Gasteiger partial charge in [0, 0.05) is 17.5 Å². The Hall–Kier alpha value is -1.77. The molecule has 1 atom stereocenters. The van der Waals surface area contributed by atoms with E-state index in [4.69, 9.17) is 0 Å². The van der Waals surface area contributed by atoms with Crippen molar-refractivity contribution in [1.82, 2.24) is 9.29 Å². The van der Waals surface area contributed by atoms with E-state index in [-0.39, 0.29) is 5.91 Å². The zero-order valence-corrected chi connectivity index (χ0v) is 16.1. The summed E-state index contributed by atoms with van der Waals surface area (Å²) >= 11 is 1.34. The molecule has 1 aliphatic heterocycles. The second-order valence-corrected chi connectivity index (χ2v) is 9.15. The summed E-state index contributed by atoms with van der Waals surface area (Å²) in [4.78, 5) is 16.9. The monoisotopic (exact) mass is 379 g/mol. The summed E-state index contributed by atoms with van der Waals surface area (Å²) in [5, 5.41) is 5.14. The number of sulfonamides is 1. The average Bonchev–Trinajstić information content (AvgIpc) is 3.18. The molecule has 1 aromatic carbocycles. The third kappa shape index (κ3) is 3.91. The van der Waals surface area contributed by atoms with Crippen molar-refractivity contribution in [3.8, 4) is 11.3 Å². The lowest BCUT2D eigenvalue weighted by Gasteiger charge is -2.20. The van der Waals surface area contributed by atoms with Crippen LogP contribution in [0.5, 0.6) is 0 Å². The van der Waals surface area contributed by atoms with Gasteiger partial charge in [0.25, 0.3) is 0 Å². The fraction of sp³-hybridized carbons (Fsp3) is 0.412. The first-order valence-electron chi connectivity index (χ1n) is 8.06. The Morgan fingerprint density at radius 3 is 2.76 bits per heavy atom. The Morgan fingerprint density at radius 1 is 1.32 bits per heavy atom. The number of hydrogen-bond donors (Lipinski definition) is 1. The van der Waals surface area contributed by atoms with Crippen molar-refractivity contribution in [2.75, 3.05) is 18.1 Å². The molecule has 1 aliphatic rings. The molecule has 0 radical (unpaired) electrons. The van der Waals surface area contributed by atoms with Gasteiger partial charge < -0.3 is 5.32 Å². The Bertz CT molecular complexity index is 906. The van der Waals surface area contributed by atoms with Gasteiger partial charge in [-0.2, -0.15) is 4.31 Å². The number of amides is 1. The lowest BCUT2D eigenvalue weighted by atomic mass is 10.1. The maximum Gasteiger partial charge on any atom is 0.244 e. The molecule has 0 unspecified atom stereocenters.